The Kier molecular flexibility index (Phi) is 11.5. The van der Waals surface area contributed by atoms with Gasteiger partial charge in [-0.3, -0.25) is 9.80 Å². The number of hydrogen-bond acceptors (Lipinski definition) is 6. The summed E-state index contributed by atoms with van der Waals surface area (Å²) in [5, 5.41) is 0. The molecule has 1 fully saturated rings. The van der Waals surface area contributed by atoms with Gasteiger partial charge in [-0.2, -0.15) is 0 Å². The van der Waals surface area contributed by atoms with Crippen molar-refractivity contribution in [2.75, 3.05) is 50.8 Å². The molecule has 2 atom stereocenters. The molecule has 6 nitrogen and oxygen atoms in total. The summed E-state index contributed by atoms with van der Waals surface area (Å²) in [6.45, 7) is 10.9. The molecule has 220 valence electrons. The SMILES string of the molecule is C[C@@H](CCN1CCN(c2ncccn2)CC1)COCC[C@@H](c1ccccc1)N(Cc1ccccc1)Cc1ccccc1. The van der Waals surface area contributed by atoms with E-state index in [1.54, 1.807) is 0 Å². The Morgan fingerprint density at radius 2 is 1.29 bits per heavy atom. The fourth-order valence-corrected chi connectivity index (χ4v) is 5.74. The number of nitrogens with zero attached hydrogens (tertiary/aromatic N) is 5. The monoisotopic (exact) mass is 563 g/mol. The summed E-state index contributed by atoms with van der Waals surface area (Å²) in [5.74, 6) is 1.37. The van der Waals surface area contributed by atoms with Gasteiger partial charge in [-0.15, -0.1) is 0 Å². The van der Waals surface area contributed by atoms with E-state index in [0.717, 1.165) is 77.8 Å². The first kappa shape index (κ1) is 29.9. The van der Waals surface area contributed by atoms with Crippen LogP contribution >= 0.6 is 0 Å². The number of ether oxygens (including phenoxy) is 1. The Morgan fingerprint density at radius 3 is 1.88 bits per heavy atom. The van der Waals surface area contributed by atoms with E-state index < -0.39 is 0 Å². The van der Waals surface area contributed by atoms with Gasteiger partial charge in [0, 0.05) is 70.9 Å². The maximum absolute atomic E-state index is 6.34. The highest BCUT2D eigenvalue weighted by molar-refractivity contribution is 5.29. The molecule has 0 spiro atoms. The molecule has 1 aliphatic rings. The van der Waals surface area contributed by atoms with Gasteiger partial charge in [0.15, 0.2) is 0 Å². The molecule has 0 radical (unpaired) electrons. The minimum absolute atomic E-state index is 0.270. The first-order valence-corrected chi connectivity index (χ1v) is 15.4. The standard InChI is InChI=1S/C36H45N5O/c1-31(18-22-39-23-25-40(26-24-39)36-37-20-11-21-38-36)30-42-27-19-35(34-16-9-4-10-17-34)41(28-32-12-5-2-6-13-32)29-33-14-7-3-8-15-33/h2-17,20-21,31,35H,18-19,22-30H2,1H3/t31-,35-/m0/s1. The van der Waals surface area contributed by atoms with E-state index in [1.807, 2.05) is 18.5 Å². The van der Waals surface area contributed by atoms with Crippen molar-refractivity contribution in [3.8, 4) is 0 Å². The predicted molar refractivity (Wildman–Crippen MR) is 171 cm³/mol. The van der Waals surface area contributed by atoms with Gasteiger partial charge in [0.05, 0.1) is 0 Å². The van der Waals surface area contributed by atoms with Gasteiger partial charge < -0.3 is 9.64 Å². The molecular weight excluding hydrogens is 518 g/mol. The van der Waals surface area contributed by atoms with Crippen molar-refractivity contribution in [3.05, 3.63) is 126 Å². The number of aromatic nitrogens is 2. The molecule has 6 heteroatoms. The van der Waals surface area contributed by atoms with Crippen LogP contribution in [0.25, 0.3) is 0 Å². The van der Waals surface area contributed by atoms with E-state index in [9.17, 15) is 0 Å². The Bertz CT molecular complexity index is 1230. The van der Waals surface area contributed by atoms with Crippen LogP contribution in [0.1, 0.15) is 42.5 Å². The van der Waals surface area contributed by atoms with Crippen LogP contribution in [-0.2, 0) is 17.8 Å². The maximum atomic E-state index is 6.34. The van der Waals surface area contributed by atoms with Crippen LogP contribution in [0.3, 0.4) is 0 Å². The van der Waals surface area contributed by atoms with Crippen molar-refractivity contribution in [1.29, 1.82) is 0 Å². The molecule has 5 rings (SSSR count). The smallest absolute Gasteiger partial charge is 0.225 e. The molecule has 0 unspecified atom stereocenters. The molecule has 0 bridgehead atoms. The Morgan fingerprint density at radius 1 is 0.714 bits per heavy atom. The molecule has 2 heterocycles. The van der Waals surface area contributed by atoms with E-state index in [4.69, 9.17) is 4.74 Å². The van der Waals surface area contributed by atoms with Crippen molar-refractivity contribution in [1.82, 2.24) is 19.8 Å². The quantitative estimate of drug-likeness (QED) is 0.154. The highest BCUT2D eigenvalue weighted by Gasteiger charge is 2.22. The largest absolute Gasteiger partial charge is 0.381 e. The van der Waals surface area contributed by atoms with Crippen LogP contribution < -0.4 is 4.90 Å². The van der Waals surface area contributed by atoms with Crippen molar-refractivity contribution in [2.45, 2.75) is 38.9 Å². The van der Waals surface area contributed by atoms with Gasteiger partial charge in [0.25, 0.3) is 0 Å². The lowest BCUT2D eigenvalue weighted by atomic mass is 10.00. The van der Waals surface area contributed by atoms with Crippen LogP contribution in [0, 0.1) is 5.92 Å². The zero-order valence-electron chi connectivity index (χ0n) is 25.0. The molecule has 42 heavy (non-hydrogen) atoms. The predicted octanol–water partition coefficient (Wildman–Crippen LogP) is 6.48. The van der Waals surface area contributed by atoms with Crippen LogP contribution in [0.4, 0.5) is 5.95 Å². The molecular formula is C36H45N5O. The van der Waals surface area contributed by atoms with Crippen molar-refractivity contribution < 1.29 is 4.74 Å². The van der Waals surface area contributed by atoms with E-state index in [0.29, 0.717) is 5.92 Å². The third-order valence-corrected chi connectivity index (χ3v) is 8.17. The first-order chi connectivity index (χ1) is 20.7. The first-order valence-electron chi connectivity index (χ1n) is 15.4. The van der Waals surface area contributed by atoms with Gasteiger partial charge >= 0.3 is 0 Å². The van der Waals surface area contributed by atoms with Crippen molar-refractivity contribution in [3.63, 3.8) is 0 Å². The van der Waals surface area contributed by atoms with Crippen LogP contribution in [0.15, 0.2) is 109 Å². The van der Waals surface area contributed by atoms with Gasteiger partial charge in [0.1, 0.15) is 0 Å². The summed E-state index contributed by atoms with van der Waals surface area (Å²) >= 11 is 0. The van der Waals surface area contributed by atoms with E-state index in [-0.39, 0.29) is 6.04 Å². The Labute approximate surface area is 252 Å². The molecule has 0 amide bonds. The third kappa shape index (κ3) is 9.21. The van der Waals surface area contributed by atoms with Gasteiger partial charge in [-0.05, 0) is 48.1 Å². The summed E-state index contributed by atoms with van der Waals surface area (Å²) in [6.07, 6.45) is 5.75. The lowest BCUT2D eigenvalue weighted by molar-refractivity contribution is 0.0682. The summed E-state index contributed by atoms with van der Waals surface area (Å²) in [4.78, 5) is 16.3. The lowest BCUT2D eigenvalue weighted by Crippen LogP contribution is -2.47. The second kappa shape index (κ2) is 16.2. The number of piperazine rings is 1. The summed E-state index contributed by atoms with van der Waals surface area (Å²) in [5.41, 5.74) is 4.02. The van der Waals surface area contributed by atoms with Gasteiger partial charge in [-0.25, -0.2) is 9.97 Å². The van der Waals surface area contributed by atoms with E-state index in [2.05, 4.69) is 123 Å². The second-order valence-corrected chi connectivity index (χ2v) is 11.4. The maximum Gasteiger partial charge on any atom is 0.225 e. The number of anilines is 1. The highest BCUT2D eigenvalue weighted by atomic mass is 16.5. The second-order valence-electron chi connectivity index (χ2n) is 11.4. The minimum Gasteiger partial charge on any atom is -0.381 e. The number of hydrogen-bond donors (Lipinski definition) is 0. The number of benzene rings is 3. The number of rotatable bonds is 15. The third-order valence-electron chi connectivity index (χ3n) is 8.17. The van der Waals surface area contributed by atoms with Gasteiger partial charge in [0.2, 0.25) is 5.95 Å². The van der Waals surface area contributed by atoms with Crippen molar-refractivity contribution >= 4 is 5.95 Å². The fraction of sp³-hybridized carbons (Fsp3) is 0.389. The van der Waals surface area contributed by atoms with Crippen molar-refractivity contribution in [2.24, 2.45) is 5.92 Å². The van der Waals surface area contributed by atoms with Crippen LogP contribution in [-0.4, -0.2) is 65.7 Å². The molecule has 4 aromatic rings. The fourth-order valence-electron chi connectivity index (χ4n) is 5.74. The molecule has 0 N–H and O–H groups in total. The summed E-state index contributed by atoms with van der Waals surface area (Å²) in [6, 6.07) is 34.7. The molecule has 0 aliphatic carbocycles. The average molecular weight is 564 g/mol. The van der Waals surface area contributed by atoms with E-state index >= 15 is 0 Å². The molecule has 3 aromatic carbocycles. The zero-order valence-corrected chi connectivity index (χ0v) is 25.0. The highest BCUT2D eigenvalue weighted by Crippen LogP contribution is 2.28. The Balaban J connectivity index is 1.12. The van der Waals surface area contributed by atoms with Crippen LogP contribution in [0.5, 0.6) is 0 Å². The molecule has 1 aromatic heterocycles. The van der Waals surface area contributed by atoms with Crippen LogP contribution in [0.2, 0.25) is 0 Å². The minimum atomic E-state index is 0.270. The normalized spacial score (nSPS) is 15.5. The Hall–Kier alpha value is -3.58. The van der Waals surface area contributed by atoms with Gasteiger partial charge in [-0.1, -0.05) is 97.9 Å². The molecule has 1 aliphatic heterocycles. The molecule has 1 saturated heterocycles. The topological polar surface area (TPSA) is 44.7 Å². The summed E-state index contributed by atoms with van der Waals surface area (Å²) < 4.78 is 6.34. The zero-order chi connectivity index (χ0) is 28.8. The van der Waals surface area contributed by atoms with E-state index in [1.165, 1.54) is 16.7 Å². The summed E-state index contributed by atoms with van der Waals surface area (Å²) in [7, 11) is 0. The molecule has 0 saturated carbocycles. The average Bonchev–Trinajstić information content (AvgIpc) is 3.05. The lowest BCUT2D eigenvalue weighted by Gasteiger charge is -2.35.